The fraction of sp³-hybridized carbons (Fsp3) is 0.385. The number of benzene rings is 1. The van der Waals surface area contributed by atoms with E-state index in [4.69, 9.17) is 9.47 Å². The highest BCUT2D eigenvalue weighted by Crippen LogP contribution is 2.18. The van der Waals surface area contributed by atoms with E-state index in [2.05, 4.69) is 11.4 Å². The van der Waals surface area contributed by atoms with E-state index in [1.54, 1.807) is 7.11 Å². The molecule has 0 amide bonds. The van der Waals surface area contributed by atoms with E-state index in [1.807, 2.05) is 24.3 Å². The van der Waals surface area contributed by atoms with Crippen molar-refractivity contribution in [2.24, 2.45) is 0 Å². The van der Waals surface area contributed by atoms with Crippen LogP contribution in [0.3, 0.4) is 0 Å². The first-order chi connectivity index (χ1) is 7.88. The Morgan fingerprint density at radius 3 is 2.56 bits per heavy atom. The Kier molecular flexibility index (Phi) is 3.83. The maximum absolute atomic E-state index is 5.69. The molecule has 0 radical (unpaired) electrons. The molecule has 0 saturated heterocycles. The summed E-state index contributed by atoms with van der Waals surface area (Å²) in [6.07, 6.45) is 3.28. The molecule has 0 aromatic heterocycles. The van der Waals surface area contributed by atoms with Crippen molar-refractivity contribution in [1.29, 1.82) is 0 Å². The minimum absolute atomic E-state index is 0.689. The van der Waals surface area contributed by atoms with Crippen molar-refractivity contribution in [2.75, 3.05) is 26.8 Å². The van der Waals surface area contributed by atoms with Gasteiger partial charge in [-0.1, -0.05) is 6.08 Å². The molecule has 1 N–H and O–H groups in total. The Morgan fingerprint density at radius 2 is 1.94 bits per heavy atom. The molecule has 1 aromatic carbocycles. The van der Waals surface area contributed by atoms with Crippen LogP contribution in [0.25, 0.3) is 0 Å². The highest BCUT2D eigenvalue weighted by molar-refractivity contribution is 5.31. The minimum Gasteiger partial charge on any atom is -0.497 e. The first-order valence-electron chi connectivity index (χ1n) is 5.54. The van der Waals surface area contributed by atoms with Crippen LogP contribution < -0.4 is 14.8 Å². The number of nitrogens with one attached hydrogen (secondary N) is 1. The zero-order valence-electron chi connectivity index (χ0n) is 9.53. The molecule has 86 valence electrons. The van der Waals surface area contributed by atoms with Crippen molar-refractivity contribution in [3.8, 4) is 11.5 Å². The van der Waals surface area contributed by atoms with Gasteiger partial charge in [-0.25, -0.2) is 0 Å². The largest absolute Gasteiger partial charge is 0.497 e. The molecule has 1 heterocycles. The van der Waals surface area contributed by atoms with Crippen molar-refractivity contribution in [2.45, 2.75) is 6.42 Å². The monoisotopic (exact) mass is 219 g/mol. The lowest BCUT2D eigenvalue weighted by atomic mass is 10.1. The Morgan fingerprint density at radius 1 is 1.19 bits per heavy atom. The molecule has 16 heavy (non-hydrogen) atoms. The summed E-state index contributed by atoms with van der Waals surface area (Å²) in [5.41, 5.74) is 1.37. The molecule has 0 spiro atoms. The number of hydrogen-bond acceptors (Lipinski definition) is 3. The molecule has 3 heteroatoms. The Bertz CT molecular complexity index is 357. The third-order valence-electron chi connectivity index (χ3n) is 2.64. The Balaban J connectivity index is 1.86. The molecule has 0 bridgehead atoms. The van der Waals surface area contributed by atoms with Crippen LogP contribution in [-0.4, -0.2) is 26.8 Å². The first kappa shape index (κ1) is 11.0. The second-order valence-corrected chi connectivity index (χ2v) is 3.78. The summed E-state index contributed by atoms with van der Waals surface area (Å²) < 4.78 is 10.8. The van der Waals surface area contributed by atoms with E-state index < -0.39 is 0 Å². The molecule has 0 atom stereocenters. The molecule has 0 aliphatic carbocycles. The van der Waals surface area contributed by atoms with Crippen molar-refractivity contribution in [3.63, 3.8) is 0 Å². The standard InChI is InChI=1S/C13H17NO2/c1-15-12-2-4-13(5-3-12)16-10-11-6-8-14-9-7-11/h2-6,14H,7-10H2,1H3. The fourth-order valence-electron chi connectivity index (χ4n) is 1.65. The second kappa shape index (κ2) is 5.56. The Hall–Kier alpha value is -1.48. The molecule has 1 aliphatic rings. The van der Waals surface area contributed by atoms with Crippen LogP contribution in [0.1, 0.15) is 6.42 Å². The topological polar surface area (TPSA) is 30.5 Å². The van der Waals surface area contributed by atoms with Gasteiger partial charge in [-0.2, -0.15) is 0 Å². The molecule has 0 fully saturated rings. The van der Waals surface area contributed by atoms with Crippen LogP contribution in [0, 0.1) is 0 Å². The molecule has 0 unspecified atom stereocenters. The predicted octanol–water partition coefficient (Wildman–Crippen LogP) is 1.99. The van der Waals surface area contributed by atoms with Gasteiger partial charge < -0.3 is 14.8 Å². The third kappa shape index (κ3) is 3.00. The molecule has 1 aromatic rings. The predicted molar refractivity (Wildman–Crippen MR) is 64.1 cm³/mol. The summed E-state index contributed by atoms with van der Waals surface area (Å²) in [7, 11) is 1.66. The maximum Gasteiger partial charge on any atom is 0.120 e. The van der Waals surface area contributed by atoms with Gasteiger partial charge >= 0.3 is 0 Å². The van der Waals surface area contributed by atoms with E-state index in [-0.39, 0.29) is 0 Å². The highest BCUT2D eigenvalue weighted by atomic mass is 16.5. The Labute approximate surface area is 96.1 Å². The van der Waals surface area contributed by atoms with Crippen molar-refractivity contribution < 1.29 is 9.47 Å². The van der Waals surface area contributed by atoms with Gasteiger partial charge in [-0.3, -0.25) is 0 Å². The molecule has 0 saturated carbocycles. The zero-order valence-corrected chi connectivity index (χ0v) is 9.53. The quantitative estimate of drug-likeness (QED) is 0.786. The molecule has 3 nitrogen and oxygen atoms in total. The van der Waals surface area contributed by atoms with Gasteiger partial charge in [0, 0.05) is 6.54 Å². The lowest BCUT2D eigenvalue weighted by molar-refractivity contribution is 0.343. The van der Waals surface area contributed by atoms with E-state index in [9.17, 15) is 0 Å². The average molecular weight is 219 g/mol. The van der Waals surface area contributed by atoms with Gasteiger partial charge in [0.05, 0.1) is 7.11 Å². The summed E-state index contributed by atoms with van der Waals surface area (Å²) >= 11 is 0. The van der Waals surface area contributed by atoms with E-state index in [0.29, 0.717) is 6.61 Å². The number of methoxy groups -OCH3 is 1. The first-order valence-corrected chi connectivity index (χ1v) is 5.54. The molecule has 2 rings (SSSR count). The van der Waals surface area contributed by atoms with Gasteiger partial charge in [-0.15, -0.1) is 0 Å². The second-order valence-electron chi connectivity index (χ2n) is 3.78. The zero-order chi connectivity index (χ0) is 11.2. The normalized spacial score (nSPS) is 15.4. The van der Waals surface area contributed by atoms with Crippen LogP contribution in [-0.2, 0) is 0 Å². The van der Waals surface area contributed by atoms with Gasteiger partial charge in [0.1, 0.15) is 18.1 Å². The van der Waals surface area contributed by atoms with Gasteiger partial charge in [0.15, 0.2) is 0 Å². The summed E-state index contributed by atoms with van der Waals surface area (Å²) in [4.78, 5) is 0. The van der Waals surface area contributed by atoms with E-state index in [1.165, 1.54) is 5.57 Å². The molecule has 1 aliphatic heterocycles. The maximum atomic E-state index is 5.69. The van der Waals surface area contributed by atoms with Crippen LogP contribution in [0.5, 0.6) is 11.5 Å². The van der Waals surface area contributed by atoms with Crippen LogP contribution in [0.4, 0.5) is 0 Å². The van der Waals surface area contributed by atoms with Crippen LogP contribution in [0.15, 0.2) is 35.9 Å². The number of rotatable bonds is 4. The lowest BCUT2D eigenvalue weighted by Gasteiger charge is -2.14. The molecular weight excluding hydrogens is 202 g/mol. The summed E-state index contributed by atoms with van der Waals surface area (Å²) in [5.74, 6) is 1.74. The van der Waals surface area contributed by atoms with Crippen LogP contribution in [0.2, 0.25) is 0 Å². The van der Waals surface area contributed by atoms with Gasteiger partial charge in [-0.05, 0) is 42.8 Å². The highest BCUT2D eigenvalue weighted by Gasteiger charge is 2.03. The number of ether oxygens (including phenoxy) is 2. The molecular formula is C13H17NO2. The average Bonchev–Trinajstić information content (AvgIpc) is 2.38. The van der Waals surface area contributed by atoms with Crippen molar-refractivity contribution in [1.82, 2.24) is 5.32 Å². The minimum atomic E-state index is 0.689. The van der Waals surface area contributed by atoms with E-state index >= 15 is 0 Å². The summed E-state index contributed by atoms with van der Waals surface area (Å²) in [6.45, 7) is 2.70. The third-order valence-corrected chi connectivity index (χ3v) is 2.64. The smallest absolute Gasteiger partial charge is 0.120 e. The van der Waals surface area contributed by atoms with Gasteiger partial charge in [0.2, 0.25) is 0 Å². The summed E-state index contributed by atoms with van der Waals surface area (Å²) in [5, 5.41) is 3.28. The lowest BCUT2D eigenvalue weighted by Crippen LogP contribution is -2.22. The van der Waals surface area contributed by atoms with Crippen molar-refractivity contribution in [3.05, 3.63) is 35.9 Å². The van der Waals surface area contributed by atoms with Gasteiger partial charge in [0.25, 0.3) is 0 Å². The van der Waals surface area contributed by atoms with Crippen LogP contribution >= 0.6 is 0 Å². The SMILES string of the molecule is COc1ccc(OCC2=CCNCC2)cc1. The summed E-state index contributed by atoms with van der Waals surface area (Å²) in [6, 6.07) is 7.68. The fourth-order valence-corrected chi connectivity index (χ4v) is 1.65. The van der Waals surface area contributed by atoms with E-state index in [0.717, 1.165) is 31.0 Å². The van der Waals surface area contributed by atoms with Crippen molar-refractivity contribution >= 4 is 0 Å². The number of hydrogen-bond donors (Lipinski definition) is 1.